The van der Waals surface area contributed by atoms with Crippen LogP contribution in [0, 0.1) is 29.6 Å². The van der Waals surface area contributed by atoms with Crippen LogP contribution in [0.15, 0.2) is 108 Å². The van der Waals surface area contributed by atoms with E-state index in [2.05, 4.69) is 12.1 Å². The Morgan fingerprint density at radius 1 is 0.738 bits per heavy atom. The van der Waals surface area contributed by atoms with Gasteiger partial charge in [-0.2, -0.15) is 15.1 Å². The number of carbonyl (C=O) groups is 1. The molecule has 7 rings (SSSR count). The summed E-state index contributed by atoms with van der Waals surface area (Å²) in [6.45, 7) is 3.84. The zero-order valence-corrected chi connectivity index (χ0v) is 22.8. The number of ketones is 1. The smallest absolute Gasteiger partial charge is 0.219 e. The number of Topliss-reactive ketones (excluding diaryl/α,β-unsaturated/α-hetero) is 1. The van der Waals surface area contributed by atoms with Crippen molar-refractivity contribution in [3.63, 3.8) is 0 Å². The molecular formula is C36H22N4O2. The van der Waals surface area contributed by atoms with Crippen LogP contribution in [0.4, 0.5) is 11.4 Å². The van der Waals surface area contributed by atoms with E-state index in [1.54, 1.807) is 24.3 Å². The summed E-state index contributed by atoms with van der Waals surface area (Å²) in [7, 11) is 0. The number of nitriles is 2. The third-order valence-electron chi connectivity index (χ3n) is 8.14. The van der Waals surface area contributed by atoms with Crippen molar-refractivity contribution >= 4 is 44.9 Å². The summed E-state index contributed by atoms with van der Waals surface area (Å²) in [6.07, 6.45) is 0. The van der Waals surface area contributed by atoms with Crippen molar-refractivity contribution in [3.05, 3.63) is 136 Å². The van der Waals surface area contributed by atoms with Gasteiger partial charge in [0.1, 0.15) is 0 Å². The molecule has 6 nitrogen and oxygen atoms in total. The molecule has 0 fully saturated rings. The lowest BCUT2D eigenvalue weighted by Crippen LogP contribution is -2.31. The van der Waals surface area contributed by atoms with Crippen molar-refractivity contribution in [1.29, 1.82) is 10.5 Å². The topological polar surface area (TPSA) is 95.7 Å². The quantitative estimate of drug-likeness (QED) is 0.203. The van der Waals surface area contributed by atoms with Gasteiger partial charge >= 0.3 is 0 Å². The molecule has 0 radical (unpaired) electrons. The largest absolute Gasteiger partial charge is 0.871 e. The van der Waals surface area contributed by atoms with Crippen LogP contribution >= 0.6 is 0 Å². The van der Waals surface area contributed by atoms with Gasteiger partial charge in [0.05, 0.1) is 39.9 Å². The highest BCUT2D eigenvalue weighted by molar-refractivity contribution is 6.47. The fourth-order valence-electron chi connectivity index (χ4n) is 6.25. The van der Waals surface area contributed by atoms with Crippen LogP contribution in [0.1, 0.15) is 34.9 Å². The van der Waals surface area contributed by atoms with Crippen molar-refractivity contribution in [3.8, 4) is 17.8 Å². The van der Waals surface area contributed by atoms with E-state index in [0.29, 0.717) is 22.3 Å². The standard InChI is InChI=1S/C36H22N4O2/c1-21-31(27-7-3-5-9-29(27)39(21)25-15-11-23(19-37)12-16-25)33-35(41)34(36(33)42)32-22(2)40(30-10-6-4-8-28(30)32)26-17-13-24(20-38)14-18-26/h3-18H,1-2H3. The highest BCUT2D eigenvalue weighted by Gasteiger charge is 2.41. The minimum atomic E-state index is -0.267. The highest BCUT2D eigenvalue weighted by Crippen LogP contribution is 2.47. The number of allylic oxidation sites excluding steroid dienone is 3. The van der Waals surface area contributed by atoms with Gasteiger partial charge in [0.15, 0.2) is 11.5 Å². The first-order chi connectivity index (χ1) is 20.4. The molecule has 5 aromatic rings. The number of rotatable bonds is 3. The number of benzene rings is 4. The van der Waals surface area contributed by atoms with Crippen LogP contribution < -0.4 is 9.68 Å². The van der Waals surface area contributed by atoms with Crippen molar-refractivity contribution < 1.29 is 9.90 Å². The second-order valence-corrected chi connectivity index (χ2v) is 10.4. The maximum absolute atomic E-state index is 14.0. The summed E-state index contributed by atoms with van der Waals surface area (Å²) in [6, 6.07) is 34.3. The highest BCUT2D eigenvalue weighted by atomic mass is 16.3. The predicted molar refractivity (Wildman–Crippen MR) is 161 cm³/mol. The second kappa shape index (κ2) is 9.30. The van der Waals surface area contributed by atoms with Gasteiger partial charge in [-0.15, -0.1) is 0 Å². The molecule has 0 spiro atoms. The number of para-hydroxylation sites is 2. The van der Waals surface area contributed by atoms with Crippen LogP contribution in [0.3, 0.4) is 0 Å². The van der Waals surface area contributed by atoms with Crippen molar-refractivity contribution in [2.45, 2.75) is 13.8 Å². The molecule has 0 saturated heterocycles. The molecule has 1 aromatic heterocycles. The zero-order valence-electron chi connectivity index (χ0n) is 22.8. The molecule has 4 aromatic carbocycles. The molecule has 0 bridgehead atoms. The molecule has 0 N–H and O–H groups in total. The van der Waals surface area contributed by atoms with Gasteiger partial charge in [-0.05, 0) is 55.5 Å². The first kappa shape index (κ1) is 25.0. The minimum absolute atomic E-state index is 0.195. The maximum Gasteiger partial charge on any atom is 0.219 e. The first-order valence-electron chi connectivity index (χ1n) is 13.5. The third kappa shape index (κ3) is 3.43. The summed E-state index contributed by atoms with van der Waals surface area (Å²) in [5.41, 5.74) is 8.64. The van der Waals surface area contributed by atoms with E-state index in [1.165, 1.54) is 0 Å². The SMILES string of the molecule is CC1=[N+](c2ccc(C#N)cc2)c2ccccc2/C1=C1/C(=O)C(c2c(C)n(-c3ccc(C#N)cc3)c3ccccc23)=C1[O-]. The zero-order chi connectivity index (χ0) is 29.1. The van der Waals surface area contributed by atoms with Crippen LogP contribution in [0.2, 0.25) is 0 Å². The van der Waals surface area contributed by atoms with Crippen LogP contribution in [-0.2, 0) is 4.79 Å². The Morgan fingerprint density at radius 3 is 2.02 bits per heavy atom. The lowest BCUT2D eigenvalue weighted by atomic mass is 9.78. The Kier molecular flexibility index (Phi) is 5.54. The number of hydrogen-bond acceptors (Lipinski definition) is 4. The molecule has 0 saturated carbocycles. The van der Waals surface area contributed by atoms with Crippen molar-refractivity contribution in [2.75, 3.05) is 0 Å². The van der Waals surface area contributed by atoms with E-state index >= 15 is 0 Å². The van der Waals surface area contributed by atoms with Crippen LogP contribution in [0.5, 0.6) is 0 Å². The third-order valence-corrected chi connectivity index (χ3v) is 8.14. The summed E-state index contributed by atoms with van der Waals surface area (Å²) < 4.78 is 4.05. The van der Waals surface area contributed by atoms with Gasteiger partial charge in [-0.3, -0.25) is 4.79 Å². The Balaban J connectivity index is 1.44. The average molecular weight is 543 g/mol. The van der Waals surface area contributed by atoms with Gasteiger partial charge in [0.25, 0.3) is 0 Å². The van der Waals surface area contributed by atoms with Crippen LogP contribution in [-0.4, -0.2) is 16.1 Å². The Bertz CT molecular complexity index is 2180. The van der Waals surface area contributed by atoms with Crippen molar-refractivity contribution in [1.82, 2.24) is 9.14 Å². The average Bonchev–Trinajstić information content (AvgIpc) is 3.47. The monoisotopic (exact) mass is 542 g/mol. The van der Waals surface area contributed by atoms with Gasteiger partial charge in [-0.25, -0.2) is 0 Å². The minimum Gasteiger partial charge on any atom is -0.871 e. The number of hydrogen-bond donors (Lipinski definition) is 0. The fourth-order valence-corrected chi connectivity index (χ4v) is 6.25. The van der Waals surface area contributed by atoms with Crippen LogP contribution in [0.25, 0.3) is 27.7 Å². The van der Waals surface area contributed by atoms with E-state index in [9.17, 15) is 20.4 Å². The summed E-state index contributed by atoms with van der Waals surface area (Å²) in [5, 5.41) is 33.3. The first-order valence-corrected chi connectivity index (χ1v) is 13.5. The number of aromatic nitrogens is 1. The molecule has 1 aliphatic carbocycles. The molecule has 0 atom stereocenters. The summed E-state index contributed by atoms with van der Waals surface area (Å²) >= 11 is 0. The molecule has 0 unspecified atom stereocenters. The predicted octanol–water partition coefficient (Wildman–Crippen LogP) is 6.10. The number of fused-ring (bicyclic) bond motifs is 2. The molecule has 42 heavy (non-hydrogen) atoms. The van der Waals surface area contributed by atoms with E-state index in [1.807, 2.05) is 95.8 Å². The molecule has 2 aliphatic rings. The Labute approximate surface area is 242 Å². The molecule has 0 amide bonds. The summed E-state index contributed by atoms with van der Waals surface area (Å²) in [4.78, 5) is 14.0. The molecule has 6 heteroatoms. The van der Waals surface area contributed by atoms with Gasteiger partial charge in [-0.1, -0.05) is 36.1 Å². The number of nitrogens with zero attached hydrogens (tertiary/aromatic N) is 4. The Hall–Kier alpha value is -5.98. The lowest BCUT2D eigenvalue weighted by Gasteiger charge is -2.32. The molecular weight excluding hydrogens is 520 g/mol. The number of carbonyl (C=O) groups excluding carboxylic acids is 1. The van der Waals surface area contributed by atoms with E-state index in [4.69, 9.17) is 0 Å². The van der Waals surface area contributed by atoms with Gasteiger partial charge in [0, 0.05) is 58.6 Å². The van der Waals surface area contributed by atoms with Crippen molar-refractivity contribution in [2.24, 2.45) is 0 Å². The fraction of sp³-hybridized carbons (Fsp3) is 0.0556. The lowest BCUT2D eigenvalue weighted by molar-refractivity contribution is -0.297. The van der Waals surface area contributed by atoms with E-state index in [-0.39, 0.29) is 22.7 Å². The van der Waals surface area contributed by atoms with Gasteiger partial charge in [0.2, 0.25) is 11.4 Å². The van der Waals surface area contributed by atoms with E-state index in [0.717, 1.165) is 44.9 Å². The molecule has 198 valence electrons. The second-order valence-electron chi connectivity index (χ2n) is 10.4. The molecule has 2 heterocycles. The van der Waals surface area contributed by atoms with Gasteiger partial charge < -0.3 is 9.67 Å². The summed E-state index contributed by atoms with van der Waals surface area (Å²) in [5.74, 6) is -0.534. The normalized spacial score (nSPS) is 16.0. The Morgan fingerprint density at radius 2 is 1.36 bits per heavy atom. The molecule has 1 aliphatic heterocycles. The van der Waals surface area contributed by atoms with E-state index < -0.39 is 0 Å². The maximum atomic E-state index is 14.0.